The highest BCUT2D eigenvalue weighted by atomic mass is 32.1. The minimum absolute atomic E-state index is 0.0670. The van der Waals surface area contributed by atoms with Crippen LogP contribution in [0.2, 0.25) is 0 Å². The van der Waals surface area contributed by atoms with Crippen molar-refractivity contribution in [2.24, 2.45) is 0 Å². The number of aromatic nitrogens is 1. The second kappa shape index (κ2) is 14.7. The molecule has 5 amide bonds. The van der Waals surface area contributed by atoms with Crippen LogP contribution in [-0.4, -0.2) is 113 Å². The number of piperazine rings is 1. The van der Waals surface area contributed by atoms with Crippen LogP contribution in [0.1, 0.15) is 23.1 Å². The van der Waals surface area contributed by atoms with E-state index in [9.17, 15) is 19.2 Å². The Morgan fingerprint density at radius 3 is 2.14 bits per heavy atom. The molecule has 4 rings (SSSR count). The lowest BCUT2D eigenvalue weighted by molar-refractivity contribution is -0.114. The average Bonchev–Trinajstić information content (AvgIpc) is 3.32. The van der Waals surface area contributed by atoms with E-state index < -0.39 is 18.5 Å². The molecule has 0 saturated carbocycles. The van der Waals surface area contributed by atoms with Crippen molar-refractivity contribution in [2.45, 2.75) is 32.6 Å². The summed E-state index contributed by atoms with van der Waals surface area (Å²) in [6, 6.07) is 7.27. The van der Waals surface area contributed by atoms with Crippen LogP contribution < -0.4 is 21.3 Å². The Kier molecular flexibility index (Phi) is 10.7. The summed E-state index contributed by atoms with van der Waals surface area (Å²) in [5, 5.41) is 28.0. The first-order valence-corrected chi connectivity index (χ1v) is 14.4. The summed E-state index contributed by atoms with van der Waals surface area (Å²) >= 11 is 1.46. The van der Waals surface area contributed by atoms with Crippen LogP contribution >= 0.6 is 11.3 Å². The number of rotatable bonds is 10. The molecule has 0 atom stereocenters. The van der Waals surface area contributed by atoms with E-state index >= 15 is 0 Å². The number of nitrogens with zero attached hydrogens (tertiary/aromatic N) is 4. The average molecular weight is 605 g/mol. The first-order chi connectivity index (χ1) is 20.2. The highest BCUT2D eigenvalue weighted by molar-refractivity contribution is 7.15. The van der Waals surface area contributed by atoms with Crippen molar-refractivity contribution in [1.82, 2.24) is 30.3 Å². The molecule has 0 unspecified atom stereocenters. The third-order valence-corrected chi connectivity index (χ3v) is 7.80. The zero-order chi connectivity index (χ0) is 30.1. The van der Waals surface area contributed by atoms with Crippen molar-refractivity contribution in [1.29, 1.82) is 0 Å². The Labute approximate surface area is 246 Å². The second-order valence-corrected chi connectivity index (χ2v) is 11.0. The van der Waals surface area contributed by atoms with Crippen molar-refractivity contribution >= 4 is 46.3 Å². The number of nitrogens with one attached hydrogen (secondary N) is 4. The summed E-state index contributed by atoms with van der Waals surface area (Å²) in [7, 11) is 0. The number of anilines is 2. The zero-order valence-corrected chi connectivity index (χ0v) is 24.1. The van der Waals surface area contributed by atoms with Gasteiger partial charge < -0.3 is 35.4 Å². The number of urea groups is 1. The van der Waals surface area contributed by atoms with Gasteiger partial charge in [0, 0.05) is 63.3 Å². The number of carbonyl (C=O) groups is 4. The van der Waals surface area contributed by atoms with Gasteiger partial charge in [-0.15, -0.1) is 11.3 Å². The molecule has 2 aromatic rings. The van der Waals surface area contributed by atoms with Gasteiger partial charge in [-0.25, -0.2) is 19.4 Å². The molecule has 3 heterocycles. The van der Waals surface area contributed by atoms with Crippen molar-refractivity contribution in [2.75, 3.05) is 63.1 Å². The number of thiazole rings is 1. The van der Waals surface area contributed by atoms with Gasteiger partial charge in [0.15, 0.2) is 11.4 Å². The molecule has 15 nitrogen and oxygen atoms in total. The zero-order valence-electron chi connectivity index (χ0n) is 23.3. The fourth-order valence-electron chi connectivity index (χ4n) is 4.71. The quantitative estimate of drug-likeness (QED) is 0.218. The van der Waals surface area contributed by atoms with Gasteiger partial charge in [0.2, 0.25) is 5.91 Å². The van der Waals surface area contributed by atoms with E-state index in [1.54, 1.807) is 12.1 Å². The first-order valence-electron chi connectivity index (χ1n) is 13.6. The van der Waals surface area contributed by atoms with Gasteiger partial charge in [0.05, 0.1) is 18.9 Å². The molecular weight excluding hydrogens is 568 g/mol. The Hall–Kier alpha value is -4.15. The molecule has 6 N–H and O–H groups in total. The van der Waals surface area contributed by atoms with Crippen LogP contribution in [0.5, 0.6) is 0 Å². The van der Waals surface area contributed by atoms with E-state index in [4.69, 9.17) is 14.9 Å². The molecule has 0 spiro atoms. The minimum atomic E-state index is -1.38. The standard InChI is InChI=1S/C26H36N8O7S/c1-17(35)27-23-29-20(7-4-18-2-5-19(6-3-18)28-22(30-24(36)37)31-25(38)39)21(42-23)16-32-8-10-33(11-9-32)26(40)34-12-14-41-15-13-34/h2-3,5-6,22,28,30-31H,4,7-16H2,1H3,(H,36,37)(H,38,39)(H,27,29,35). The van der Waals surface area contributed by atoms with E-state index in [0.717, 1.165) is 29.2 Å². The fraction of sp³-hybridized carbons (Fsp3) is 0.500. The van der Waals surface area contributed by atoms with Crippen LogP contribution in [0.25, 0.3) is 0 Å². The Morgan fingerprint density at radius 1 is 0.929 bits per heavy atom. The van der Waals surface area contributed by atoms with E-state index in [1.165, 1.54) is 18.3 Å². The van der Waals surface area contributed by atoms with Crippen molar-refractivity contribution in [3.63, 3.8) is 0 Å². The molecule has 0 aliphatic carbocycles. The summed E-state index contributed by atoms with van der Waals surface area (Å²) in [4.78, 5) is 58.2. The number of amides is 5. The van der Waals surface area contributed by atoms with Gasteiger partial charge in [-0.1, -0.05) is 12.1 Å². The normalized spacial score (nSPS) is 15.8. The molecule has 2 aliphatic heterocycles. The van der Waals surface area contributed by atoms with Crippen LogP contribution in [0.15, 0.2) is 24.3 Å². The molecule has 228 valence electrons. The molecule has 2 aliphatic rings. The maximum Gasteiger partial charge on any atom is 0.407 e. The van der Waals surface area contributed by atoms with Gasteiger partial charge in [-0.2, -0.15) is 0 Å². The highest BCUT2D eigenvalue weighted by Gasteiger charge is 2.27. The summed E-state index contributed by atoms with van der Waals surface area (Å²) in [5.41, 5.74) is 2.43. The third-order valence-electron chi connectivity index (χ3n) is 6.80. The monoisotopic (exact) mass is 604 g/mol. The summed E-state index contributed by atoms with van der Waals surface area (Å²) in [6.07, 6.45) is -2.66. The summed E-state index contributed by atoms with van der Waals surface area (Å²) < 4.78 is 5.35. The van der Waals surface area contributed by atoms with Crippen LogP contribution in [0.4, 0.5) is 25.2 Å². The number of carbonyl (C=O) groups excluding carboxylic acids is 2. The van der Waals surface area contributed by atoms with Crippen molar-refractivity contribution in [3.05, 3.63) is 40.4 Å². The lowest BCUT2D eigenvalue weighted by Crippen LogP contribution is -2.54. The number of ether oxygens (including phenoxy) is 1. The SMILES string of the molecule is CC(=O)Nc1nc(CCc2ccc(NC(NC(=O)O)NC(=O)O)cc2)c(CN2CCN(C(=O)N3CCOCC3)CC2)s1. The Morgan fingerprint density at radius 2 is 1.55 bits per heavy atom. The van der Waals surface area contributed by atoms with Gasteiger partial charge in [-0.05, 0) is 30.5 Å². The molecule has 2 saturated heterocycles. The highest BCUT2D eigenvalue weighted by Crippen LogP contribution is 2.27. The van der Waals surface area contributed by atoms with Crippen LogP contribution in [0, 0.1) is 0 Å². The topological polar surface area (TPSA) is 189 Å². The van der Waals surface area contributed by atoms with Gasteiger partial charge in [0.25, 0.3) is 0 Å². The minimum Gasteiger partial charge on any atom is -0.465 e. The van der Waals surface area contributed by atoms with Gasteiger partial charge in [-0.3, -0.25) is 20.3 Å². The van der Waals surface area contributed by atoms with Crippen molar-refractivity contribution in [3.8, 4) is 0 Å². The Bertz CT molecular complexity index is 1230. The van der Waals surface area contributed by atoms with E-state index in [2.05, 4.69) is 20.5 Å². The number of hydrogen-bond acceptors (Lipinski definition) is 9. The number of benzene rings is 1. The largest absolute Gasteiger partial charge is 0.465 e. The summed E-state index contributed by atoms with van der Waals surface area (Å²) in [6.45, 7) is 7.30. The van der Waals surface area contributed by atoms with Crippen LogP contribution in [0.3, 0.4) is 0 Å². The predicted octanol–water partition coefficient (Wildman–Crippen LogP) is 1.69. The maximum atomic E-state index is 12.8. The number of aryl methyl sites for hydroxylation is 2. The number of morpholine rings is 1. The van der Waals surface area contributed by atoms with Crippen molar-refractivity contribution < 1.29 is 34.1 Å². The molecule has 1 aromatic carbocycles. The molecule has 0 bridgehead atoms. The predicted molar refractivity (Wildman–Crippen MR) is 155 cm³/mol. The molecular formula is C26H36N8O7S. The lowest BCUT2D eigenvalue weighted by Gasteiger charge is -2.38. The van der Waals surface area contributed by atoms with E-state index in [-0.39, 0.29) is 11.9 Å². The van der Waals surface area contributed by atoms with Gasteiger partial charge >= 0.3 is 18.2 Å². The van der Waals surface area contributed by atoms with E-state index in [1.807, 2.05) is 32.6 Å². The van der Waals surface area contributed by atoms with Gasteiger partial charge in [0.1, 0.15) is 0 Å². The third kappa shape index (κ3) is 9.19. The van der Waals surface area contributed by atoms with Crippen LogP contribution in [-0.2, 0) is 28.9 Å². The number of hydrogen-bond donors (Lipinski definition) is 6. The molecule has 2 fully saturated rings. The smallest absolute Gasteiger partial charge is 0.407 e. The second-order valence-electron chi connectivity index (χ2n) is 9.89. The molecule has 0 radical (unpaired) electrons. The first kappa shape index (κ1) is 30.8. The summed E-state index contributed by atoms with van der Waals surface area (Å²) in [5.74, 6) is -0.187. The molecule has 1 aromatic heterocycles. The molecule has 42 heavy (non-hydrogen) atoms. The van der Waals surface area contributed by atoms with E-state index in [0.29, 0.717) is 69.6 Å². The fourth-order valence-corrected chi connectivity index (χ4v) is 5.81. The maximum absolute atomic E-state index is 12.8. The Balaban J connectivity index is 1.34. The lowest BCUT2D eigenvalue weighted by atomic mass is 10.1. The molecule has 16 heteroatoms. The number of carboxylic acid groups (broad SMARTS) is 2.